The van der Waals surface area contributed by atoms with Crippen molar-refractivity contribution in [3.05, 3.63) is 17.5 Å². The summed E-state index contributed by atoms with van der Waals surface area (Å²) in [6.45, 7) is 5.94. The van der Waals surface area contributed by atoms with Gasteiger partial charge in [-0.3, -0.25) is 0 Å². The number of aryl methyl sites for hydroxylation is 2. The molecule has 0 saturated heterocycles. The monoisotopic (exact) mass is 210 g/mol. The van der Waals surface area contributed by atoms with Gasteiger partial charge >= 0.3 is 0 Å². The third-order valence-electron chi connectivity index (χ3n) is 2.10. The summed E-state index contributed by atoms with van der Waals surface area (Å²) in [5.41, 5.74) is 7.50. The van der Waals surface area contributed by atoms with Crippen LogP contribution in [-0.2, 0) is 0 Å². The second-order valence-corrected chi connectivity index (χ2v) is 3.76. The van der Waals surface area contributed by atoms with E-state index in [4.69, 9.17) is 5.73 Å². The number of nitrogens with one attached hydrogen (secondary N) is 1. The first-order valence-corrected chi connectivity index (χ1v) is 4.99. The summed E-state index contributed by atoms with van der Waals surface area (Å²) in [5, 5.41) is 12.2. The predicted molar refractivity (Wildman–Crippen MR) is 59.7 cm³/mol. The molecule has 0 aliphatic heterocycles. The van der Waals surface area contributed by atoms with Gasteiger partial charge in [0.15, 0.2) is 0 Å². The molecule has 0 aliphatic carbocycles. The van der Waals surface area contributed by atoms with Crippen LogP contribution >= 0.6 is 0 Å². The molecule has 2 unspecified atom stereocenters. The van der Waals surface area contributed by atoms with Crippen LogP contribution in [0.15, 0.2) is 6.07 Å². The van der Waals surface area contributed by atoms with Gasteiger partial charge in [-0.15, -0.1) is 0 Å². The van der Waals surface area contributed by atoms with E-state index in [1.807, 2.05) is 19.9 Å². The predicted octanol–water partition coefficient (Wildman–Crippen LogP) is 0.213. The molecule has 15 heavy (non-hydrogen) atoms. The molecule has 0 aromatic carbocycles. The molecule has 0 amide bonds. The van der Waals surface area contributed by atoms with Gasteiger partial charge in [-0.1, -0.05) is 0 Å². The molecule has 0 fully saturated rings. The van der Waals surface area contributed by atoms with Crippen LogP contribution in [0.2, 0.25) is 0 Å². The maximum atomic E-state index is 9.20. The number of rotatable bonds is 4. The van der Waals surface area contributed by atoms with Crippen molar-refractivity contribution < 1.29 is 5.11 Å². The molecule has 0 radical (unpaired) electrons. The van der Waals surface area contributed by atoms with Crippen LogP contribution in [0.3, 0.4) is 0 Å². The minimum atomic E-state index is -0.539. The molecule has 5 nitrogen and oxygen atoms in total. The van der Waals surface area contributed by atoms with Gasteiger partial charge in [-0.2, -0.15) is 0 Å². The lowest BCUT2D eigenvalue weighted by Crippen LogP contribution is -2.39. The first kappa shape index (κ1) is 11.9. The fourth-order valence-electron chi connectivity index (χ4n) is 1.18. The van der Waals surface area contributed by atoms with Crippen molar-refractivity contribution in [2.45, 2.75) is 32.9 Å². The second kappa shape index (κ2) is 5.04. The van der Waals surface area contributed by atoms with Crippen molar-refractivity contribution in [3.63, 3.8) is 0 Å². The van der Waals surface area contributed by atoms with Gasteiger partial charge < -0.3 is 16.2 Å². The summed E-state index contributed by atoms with van der Waals surface area (Å²) in [5.74, 6) is 0.559. The van der Waals surface area contributed by atoms with Gasteiger partial charge in [0.1, 0.15) is 0 Å². The number of aliphatic hydroxyl groups excluding tert-OH is 1. The molecule has 1 aromatic rings. The van der Waals surface area contributed by atoms with Crippen molar-refractivity contribution in [2.24, 2.45) is 5.73 Å². The van der Waals surface area contributed by atoms with E-state index < -0.39 is 6.10 Å². The Morgan fingerprint density at radius 2 is 1.93 bits per heavy atom. The molecule has 1 aromatic heterocycles. The minimum Gasteiger partial charge on any atom is -0.392 e. The highest BCUT2D eigenvalue weighted by atomic mass is 16.3. The Hall–Kier alpha value is -1.20. The minimum absolute atomic E-state index is 0.311. The number of anilines is 1. The molecular formula is C10H18N4O. The summed E-state index contributed by atoms with van der Waals surface area (Å²) < 4.78 is 0. The number of nitrogens with two attached hydrogens (primary N) is 1. The molecule has 0 bridgehead atoms. The molecule has 4 N–H and O–H groups in total. The normalized spacial score (nSPS) is 14.7. The van der Waals surface area contributed by atoms with E-state index in [1.54, 1.807) is 6.92 Å². The van der Waals surface area contributed by atoms with Gasteiger partial charge in [0, 0.05) is 24.0 Å². The summed E-state index contributed by atoms with van der Waals surface area (Å²) in [6, 6.07) is 1.59. The summed E-state index contributed by atoms with van der Waals surface area (Å²) in [7, 11) is 0. The first-order chi connectivity index (χ1) is 6.99. The first-order valence-electron chi connectivity index (χ1n) is 4.99. The number of hydrogen-bond acceptors (Lipinski definition) is 5. The van der Waals surface area contributed by atoms with E-state index in [2.05, 4.69) is 15.3 Å². The quantitative estimate of drug-likeness (QED) is 0.661. The molecule has 2 atom stereocenters. The van der Waals surface area contributed by atoms with E-state index in [1.165, 1.54) is 0 Å². The van der Waals surface area contributed by atoms with Crippen molar-refractivity contribution in [2.75, 3.05) is 11.9 Å². The van der Waals surface area contributed by atoms with Gasteiger partial charge in [0.05, 0.1) is 6.10 Å². The Kier molecular flexibility index (Phi) is 3.99. The van der Waals surface area contributed by atoms with Crippen LogP contribution in [0.25, 0.3) is 0 Å². The Balaban J connectivity index is 2.57. The van der Waals surface area contributed by atoms with Crippen molar-refractivity contribution in [3.8, 4) is 0 Å². The Labute approximate surface area is 89.7 Å². The molecule has 5 heteroatoms. The zero-order chi connectivity index (χ0) is 11.4. The second-order valence-electron chi connectivity index (χ2n) is 3.76. The lowest BCUT2D eigenvalue weighted by atomic mass is 10.2. The fraction of sp³-hybridized carbons (Fsp3) is 0.600. The SMILES string of the molecule is Cc1cc(C)nc(NCC(N)C(C)O)n1. The lowest BCUT2D eigenvalue weighted by molar-refractivity contribution is 0.168. The van der Waals surface area contributed by atoms with Crippen LogP contribution in [-0.4, -0.2) is 33.8 Å². The number of aromatic nitrogens is 2. The highest BCUT2D eigenvalue weighted by Gasteiger charge is 2.09. The van der Waals surface area contributed by atoms with E-state index in [-0.39, 0.29) is 6.04 Å². The van der Waals surface area contributed by atoms with Crippen LogP contribution in [0.4, 0.5) is 5.95 Å². The van der Waals surface area contributed by atoms with Crippen molar-refractivity contribution in [1.82, 2.24) is 9.97 Å². The van der Waals surface area contributed by atoms with Crippen molar-refractivity contribution in [1.29, 1.82) is 0 Å². The summed E-state index contributed by atoms with van der Waals surface area (Å²) >= 11 is 0. The van der Waals surface area contributed by atoms with E-state index >= 15 is 0 Å². The average molecular weight is 210 g/mol. The van der Waals surface area contributed by atoms with Gasteiger partial charge in [-0.25, -0.2) is 9.97 Å². The number of nitrogens with zero attached hydrogens (tertiary/aromatic N) is 2. The third-order valence-corrected chi connectivity index (χ3v) is 2.10. The topological polar surface area (TPSA) is 84.1 Å². The number of aliphatic hydroxyl groups is 1. The summed E-state index contributed by atoms with van der Waals surface area (Å²) in [4.78, 5) is 8.41. The smallest absolute Gasteiger partial charge is 0.223 e. The highest BCUT2D eigenvalue weighted by Crippen LogP contribution is 2.03. The molecule has 0 spiro atoms. The largest absolute Gasteiger partial charge is 0.392 e. The zero-order valence-corrected chi connectivity index (χ0v) is 9.36. The Morgan fingerprint density at radius 1 is 1.40 bits per heavy atom. The molecule has 0 saturated carbocycles. The maximum Gasteiger partial charge on any atom is 0.223 e. The van der Waals surface area contributed by atoms with Crippen LogP contribution in [0.1, 0.15) is 18.3 Å². The lowest BCUT2D eigenvalue weighted by Gasteiger charge is -2.15. The zero-order valence-electron chi connectivity index (χ0n) is 9.36. The van der Waals surface area contributed by atoms with Crippen LogP contribution < -0.4 is 11.1 Å². The molecule has 0 aliphatic rings. The van der Waals surface area contributed by atoms with Crippen LogP contribution in [0, 0.1) is 13.8 Å². The van der Waals surface area contributed by atoms with Gasteiger partial charge in [-0.05, 0) is 26.8 Å². The highest BCUT2D eigenvalue weighted by molar-refractivity contribution is 5.27. The van der Waals surface area contributed by atoms with E-state index in [0.717, 1.165) is 11.4 Å². The van der Waals surface area contributed by atoms with Crippen LogP contribution in [0.5, 0.6) is 0 Å². The molecule has 84 valence electrons. The fourth-order valence-corrected chi connectivity index (χ4v) is 1.18. The molecule has 1 heterocycles. The summed E-state index contributed by atoms with van der Waals surface area (Å²) in [6.07, 6.45) is -0.539. The maximum absolute atomic E-state index is 9.20. The van der Waals surface area contributed by atoms with Gasteiger partial charge in [0.25, 0.3) is 0 Å². The molecule has 1 rings (SSSR count). The Morgan fingerprint density at radius 3 is 2.40 bits per heavy atom. The number of hydrogen-bond donors (Lipinski definition) is 3. The van der Waals surface area contributed by atoms with E-state index in [9.17, 15) is 5.11 Å². The molecular weight excluding hydrogens is 192 g/mol. The van der Waals surface area contributed by atoms with Crippen molar-refractivity contribution >= 4 is 5.95 Å². The Bertz CT molecular complexity index is 307. The average Bonchev–Trinajstić information content (AvgIpc) is 2.12. The standard InChI is InChI=1S/C10H18N4O/c1-6-4-7(2)14-10(13-6)12-5-9(11)8(3)15/h4,8-9,15H,5,11H2,1-3H3,(H,12,13,14). The van der Waals surface area contributed by atoms with E-state index in [0.29, 0.717) is 12.5 Å². The van der Waals surface area contributed by atoms with Gasteiger partial charge in [0.2, 0.25) is 5.95 Å². The third kappa shape index (κ3) is 3.81.